The number of hydrogen-bond acceptors (Lipinski definition) is 4. The molecule has 0 aliphatic heterocycles. The van der Waals surface area contributed by atoms with Crippen LogP contribution in [0.5, 0.6) is 11.5 Å². The van der Waals surface area contributed by atoms with E-state index in [1.165, 1.54) is 11.8 Å². The normalized spacial score (nSPS) is 10.1. The predicted octanol–water partition coefficient (Wildman–Crippen LogP) is 2.73. The van der Waals surface area contributed by atoms with Crippen LogP contribution in [-0.2, 0) is 16.0 Å². The van der Waals surface area contributed by atoms with E-state index in [9.17, 15) is 9.59 Å². The molecule has 0 aliphatic rings. The zero-order chi connectivity index (χ0) is 18.9. The van der Waals surface area contributed by atoms with Gasteiger partial charge in [0.2, 0.25) is 11.8 Å². The standard InChI is InChI=1S/C20H24N2O4/c1-15(23)22(14-20(24)21-17-7-5-4-6-8-17)12-11-16-9-10-18(25-2)19(13-16)26-3/h4-10,13H,11-12,14H2,1-3H3,(H,21,24). The topological polar surface area (TPSA) is 67.9 Å². The molecule has 6 nitrogen and oxygen atoms in total. The fraction of sp³-hybridized carbons (Fsp3) is 0.300. The zero-order valence-electron chi connectivity index (χ0n) is 15.3. The van der Waals surface area contributed by atoms with E-state index in [4.69, 9.17) is 9.47 Å². The predicted molar refractivity (Wildman–Crippen MR) is 101 cm³/mol. The second-order valence-electron chi connectivity index (χ2n) is 5.79. The van der Waals surface area contributed by atoms with Crippen molar-refractivity contribution < 1.29 is 19.1 Å². The van der Waals surface area contributed by atoms with Gasteiger partial charge in [0.15, 0.2) is 11.5 Å². The largest absolute Gasteiger partial charge is 0.493 e. The molecule has 2 amide bonds. The summed E-state index contributed by atoms with van der Waals surface area (Å²) in [5, 5.41) is 2.79. The lowest BCUT2D eigenvalue weighted by molar-refractivity contribution is -0.132. The third-order valence-corrected chi connectivity index (χ3v) is 3.96. The van der Waals surface area contributed by atoms with Gasteiger partial charge in [0.1, 0.15) is 0 Å². The molecule has 6 heteroatoms. The number of carbonyl (C=O) groups is 2. The maximum absolute atomic E-state index is 12.2. The van der Waals surface area contributed by atoms with E-state index in [-0.39, 0.29) is 18.4 Å². The van der Waals surface area contributed by atoms with Crippen molar-refractivity contribution in [2.75, 3.05) is 32.6 Å². The Morgan fingerprint density at radius 2 is 1.69 bits per heavy atom. The summed E-state index contributed by atoms with van der Waals surface area (Å²) in [4.78, 5) is 25.6. The van der Waals surface area contributed by atoms with E-state index in [1.54, 1.807) is 26.4 Å². The number of anilines is 1. The number of carbonyl (C=O) groups excluding carboxylic acids is 2. The lowest BCUT2D eigenvalue weighted by Gasteiger charge is -2.21. The average molecular weight is 356 g/mol. The van der Waals surface area contributed by atoms with Gasteiger partial charge in [0.05, 0.1) is 20.8 Å². The Labute approximate surface area is 153 Å². The monoisotopic (exact) mass is 356 g/mol. The Balaban J connectivity index is 1.96. The maximum Gasteiger partial charge on any atom is 0.243 e. The van der Waals surface area contributed by atoms with E-state index in [1.807, 2.05) is 36.4 Å². The van der Waals surface area contributed by atoms with Gasteiger partial charge >= 0.3 is 0 Å². The molecular weight excluding hydrogens is 332 g/mol. The van der Waals surface area contributed by atoms with Crippen molar-refractivity contribution >= 4 is 17.5 Å². The molecule has 138 valence electrons. The van der Waals surface area contributed by atoms with Crippen LogP contribution in [0.15, 0.2) is 48.5 Å². The minimum absolute atomic E-state index is 0.0114. The first-order valence-corrected chi connectivity index (χ1v) is 8.34. The minimum Gasteiger partial charge on any atom is -0.493 e. The third kappa shape index (κ3) is 5.51. The quantitative estimate of drug-likeness (QED) is 0.790. The van der Waals surface area contributed by atoms with Crippen LogP contribution in [-0.4, -0.2) is 44.0 Å². The Morgan fingerprint density at radius 3 is 2.31 bits per heavy atom. The Bertz CT molecular complexity index is 747. The number of nitrogens with one attached hydrogen (secondary N) is 1. The molecule has 0 spiro atoms. The van der Waals surface area contributed by atoms with Crippen LogP contribution >= 0.6 is 0 Å². The van der Waals surface area contributed by atoms with E-state index < -0.39 is 0 Å². The van der Waals surface area contributed by atoms with E-state index >= 15 is 0 Å². The second kappa shape index (κ2) is 9.46. The maximum atomic E-state index is 12.2. The fourth-order valence-corrected chi connectivity index (χ4v) is 2.54. The average Bonchev–Trinajstić information content (AvgIpc) is 2.65. The molecule has 0 fully saturated rings. The highest BCUT2D eigenvalue weighted by Gasteiger charge is 2.14. The van der Waals surface area contributed by atoms with Gasteiger partial charge in [-0.2, -0.15) is 0 Å². The molecular formula is C20H24N2O4. The van der Waals surface area contributed by atoms with E-state index in [2.05, 4.69) is 5.32 Å². The van der Waals surface area contributed by atoms with Crippen LogP contribution in [0.3, 0.4) is 0 Å². The molecule has 0 aliphatic carbocycles. The van der Waals surface area contributed by atoms with Crippen molar-refractivity contribution in [1.82, 2.24) is 4.90 Å². The SMILES string of the molecule is COc1ccc(CCN(CC(=O)Nc2ccccc2)C(C)=O)cc1OC. The lowest BCUT2D eigenvalue weighted by atomic mass is 10.1. The van der Waals surface area contributed by atoms with Crippen LogP contribution < -0.4 is 14.8 Å². The van der Waals surface area contributed by atoms with Crippen molar-refractivity contribution in [1.29, 1.82) is 0 Å². The fourth-order valence-electron chi connectivity index (χ4n) is 2.54. The summed E-state index contributed by atoms with van der Waals surface area (Å²) in [7, 11) is 3.16. The van der Waals surface area contributed by atoms with Crippen LogP contribution in [0.4, 0.5) is 5.69 Å². The third-order valence-electron chi connectivity index (χ3n) is 3.96. The molecule has 0 heterocycles. The van der Waals surface area contributed by atoms with Crippen LogP contribution in [0.1, 0.15) is 12.5 Å². The first kappa shape index (κ1) is 19.3. The molecule has 0 atom stereocenters. The van der Waals surface area contributed by atoms with Crippen LogP contribution in [0.2, 0.25) is 0 Å². The number of ether oxygens (including phenoxy) is 2. The number of methoxy groups -OCH3 is 2. The van der Waals surface area contributed by atoms with Crippen molar-refractivity contribution in [2.24, 2.45) is 0 Å². The van der Waals surface area contributed by atoms with Gasteiger partial charge in [0.25, 0.3) is 0 Å². The molecule has 0 saturated heterocycles. The summed E-state index contributed by atoms with van der Waals surface area (Å²) in [5.74, 6) is 0.926. The Hall–Kier alpha value is -3.02. The first-order valence-electron chi connectivity index (χ1n) is 8.34. The lowest BCUT2D eigenvalue weighted by Crippen LogP contribution is -2.38. The molecule has 0 saturated carbocycles. The summed E-state index contributed by atoms with van der Waals surface area (Å²) < 4.78 is 10.5. The first-order chi connectivity index (χ1) is 12.5. The Kier molecular flexibility index (Phi) is 7.02. The molecule has 1 N–H and O–H groups in total. The summed E-state index contributed by atoms with van der Waals surface area (Å²) in [6.45, 7) is 1.91. The van der Waals surface area contributed by atoms with Gasteiger partial charge in [-0.15, -0.1) is 0 Å². The number of para-hydroxylation sites is 1. The van der Waals surface area contributed by atoms with Crippen molar-refractivity contribution in [3.05, 3.63) is 54.1 Å². The van der Waals surface area contributed by atoms with Crippen molar-refractivity contribution in [3.63, 3.8) is 0 Å². The molecule has 0 radical (unpaired) electrons. The van der Waals surface area contributed by atoms with Gasteiger partial charge in [-0.25, -0.2) is 0 Å². The highest BCUT2D eigenvalue weighted by molar-refractivity contribution is 5.94. The summed E-state index contributed by atoms with van der Waals surface area (Å²) in [6, 6.07) is 14.8. The van der Waals surface area contributed by atoms with E-state index in [0.717, 1.165) is 5.56 Å². The molecule has 0 unspecified atom stereocenters. The van der Waals surface area contributed by atoms with Crippen LogP contribution in [0, 0.1) is 0 Å². The number of benzene rings is 2. The van der Waals surface area contributed by atoms with Gasteiger partial charge in [0, 0.05) is 19.2 Å². The number of hydrogen-bond donors (Lipinski definition) is 1. The molecule has 2 aromatic carbocycles. The van der Waals surface area contributed by atoms with E-state index in [0.29, 0.717) is 30.2 Å². The molecule has 2 aromatic rings. The molecule has 0 bridgehead atoms. The molecule has 2 rings (SSSR count). The van der Waals surface area contributed by atoms with Crippen LogP contribution in [0.25, 0.3) is 0 Å². The number of nitrogens with zero attached hydrogens (tertiary/aromatic N) is 1. The van der Waals surface area contributed by atoms with Crippen molar-refractivity contribution in [3.8, 4) is 11.5 Å². The highest BCUT2D eigenvalue weighted by Crippen LogP contribution is 2.27. The minimum atomic E-state index is -0.223. The van der Waals surface area contributed by atoms with Gasteiger partial charge in [-0.05, 0) is 36.2 Å². The smallest absolute Gasteiger partial charge is 0.243 e. The van der Waals surface area contributed by atoms with Gasteiger partial charge < -0.3 is 19.7 Å². The zero-order valence-corrected chi connectivity index (χ0v) is 15.3. The number of rotatable bonds is 8. The molecule has 0 aromatic heterocycles. The molecule has 26 heavy (non-hydrogen) atoms. The summed E-state index contributed by atoms with van der Waals surface area (Å²) in [5.41, 5.74) is 1.71. The highest BCUT2D eigenvalue weighted by atomic mass is 16.5. The van der Waals surface area contributed by atoms with Gasteiger partial charge in [-0.3, -0.25) is 9.59 Å². The summed E-state index contributed by atoms with van der Waals surface area (Å²) >= 11 is 0. The second-order valence-corrected chi connectivity index (χ2v) is 5.79. The van der Waals surface area contributed by atoms with Gasteiger partial charge in [-0.1, -0.05) is 24.3 Å². The summed E-state index contributed by atoms with van der Waals surface area (Å²) in [6.07, 6.45) is 0.610. The number of amides is 2. The van der Waals surface area contributed by atoms with Crippen molar-refractivity contribution in [2.45, 2.75) is 13.3 Å². The Morgan fingerprint density at radius 1 is 1.00 bits per heavy atom.